The van der Waals surface area contributed by atoms with Crippen LogP contribution in [0.5, 0.6) is 5.75 Å². The number of aliphatic imine (C=N–C) groups is 1. The van der Waals surface area contributed by atoms with Gasteiger partial charge < -0.3 is 24.8 Å². The van der Waals surface area contributed by atoms with E-state index in [0.29, 0.717) is 45.2 Å². The molecule has 0 radical (unpaired) electrons. The lowest BCUT2D eigenvalue weighted by Crippen LogP contribution is -2.45. The fraction of sp³-hybridized carbons (Fsp3) is 0.667. The second kappa shape index (κ2) is 13.3. The number of ether oxygens (including phenoxy) is 3. The van der Waals surface area contributed by atoms with Crippen molar-refractivity contribution in [1.82, 2.24) is 10.6 Å². The number of nitrogens with one attached hydrogen (secondary N) is 2. The maximum atomic E-state index is 12.9. The quantitative estimate of drug-likeness (QED) is 0.270. The lowest BCUT2D eigenvalue weighted by Gasteiger charge is -2.34. The minimum atomic E-state index is -4.40. The van der Waals surface area contributed by atoms with Gasteiger partial charge in [0.05, 0.1) is 24.3 Å². The van der Waals surface area contributed by atoms with Crippen LogP contribution in [0.25, 0.3) is 0 Å². The Morgan fingerprint density at radius 2 is 1.94 bits per heavy atom. The van der Waals surface area contributed by atoms with E-state index in [1.54, 1.807) is 7.11 Å². The van der Waals surface area contributed by atoms with Crippen molar-refractivity contribution in [1.29, 1.82) is 0 Å². The number of hydrogen-bond acceptors (Lipinski definition) is 4. The predicted molar refractivity (Wildman–Crippen MR) is 125 cm³/mol. The van der Waals surface area contributed by atoms with Crippen LogP contribution in [-0.2, 0) is 15.7 Å². The molecule has 6 nitrogen and oxygen atoms in total. The molecule has 1 saturated heterocycles. The minimum absolute atomic E-state index is 0. The summed E-state index contributed by atoms with van der Waals surface area (Å²) in [5, 5.41) is 6.41. The lowest BCUT2D eigenvalue weighted by molar-refractivity contribution is -0.137. The van der Waals surface area contributed by atoms with E-state index in [4.69, 9.17) is 14.2 Å². The zero-order valence-corrected chi connectivity index (χ0v) is 20.6. The van der Waals surface area contributed by atoms with Crippen molar-refractivity contribution in [3.8, 4) is 5.75 Å². The van der Waals surface area contributed by atoms with E-state index in [2.05, 4.69) is 15.6 Å². The zero-order valence-electron chi connectivity index (χ0n) is 18.3. The molecule has 0 saturated carbocycles. The van der Waals surface area contributed by atoms with Gasteiger partial charge in [-0.25, -0.2) is 0 Å². The van der Waals surface area contributed by atoms with Gasteiger partial charge in [-0.15, -0.1) is 24.0 Å². The Kier molecular flexibility index (Phi) is 11.9. The van der Waals surface area contributed by atoms with Gasteiger partial charge in [0, 0.05) is 39.7 Å². The first kappa shape index (κ1) is 27.8. The van der Waals surface area contributed by atoms with Gasteiger partial charge >= 0.3 is 6.18 Å². The smallest absolute Gasteiger partial charge is 0.416 e. The summed E-state index contributed by atoms with van der Waals surface area (Å²) in [6.07, 6.45) is -2.52. The summed E-state index contributed by atoms with van der Waals surface area (Å²) in [7, 11) is 1.69. The number of methoxy groups -OCH3 is 1. The van der Waals surface area contributed by atoms with Crippen LogP contribution in [0.4, 0.5) is 13.2 Å². The van der Waals surface area contributed by atoms with Crippen molar-refractivity contribution in [2.24, 2.45) is 4.99 Å². The highest BCUT2D eigenvalue weighted by atomic mass is 127. The average Bonchev–Trinajstić information content (AvgIpc) is 2.75. The first-order valence-electron chi connectivity index (χ1n) is 10.3. The van der Waals surface area contributed by atoms with Crippen LogP contribution in [0, 0.1) is 0 Å². The third-order valence-corrected chi connectivity index (χ3v) is 5.12. The molecule has 0 bridgehead atoms. The molecule has 1 aromatic rings. The molecule has 1 fully saturated rings. The number of rotatable bonds is 9. The highest BCUT2D eigenvalue weighted by Gasteiger charge is 2.32. The summed E-state index contributed by atoms with van der Waals surface area (Å²) in [4.78, 5) is 4.65. The van der Waals surface area contributed by atoms with E-state index >= 15 is 0 Å². The third-order valence-electron chi connectivity index (χ3n) is 5.12. The topological polar surface area (TPSA) is 64.1 Å². The van der Waals surface area contributed by atoms with Gasteiger partial charge in [-0.3, -0.25) is 4.99 Å². The number of hydrogen-bond donors (Lipinski definition) is 2. The average molecular weight is 559 g/mol. The van der Waals surface area contributed by atoms with Crippen LogP contribution < -0.4 is 15.4 Å². The normalized spacial score (nSPS) is 17.4. The molecule has 10 heteroatoms. The van der Waals surface area contributed by atoms with Crippen molar-refractivity contribution >= 4 is 29.9 Å². The van der Waals surface area contributed by atoms with Crippen molar-refractivity contribution in [3.05, 3.63) is 29.8 Å². The molecular weight excluding hydrogens is 526 g/mol. The van der Waals surface area contributed by atoms with Crippen molar-refractivity contribution in [2.45, 2.75) is 51.0 Å². The summed E-state index contributed by atoms with van der Waals surface area (Å²) in [6.45, 7) is 6.77. The highest BCUT2D eigenvalue weighted by molar-refractivity contribution is 14.0. The fourth-order valence-corrected chi connectivity index (χ4v) is 3.15. The van der Waals surface area contributed by atoms with Crippen LogP contribution in [0.1, 0.15) is 38.7 Å². The maximum Gasteiger partial charge on any atom is 0.416 e. The molecule has 1 heterocycles. The fourth-order valence-electron chi connectivity index (χ4n) is 3.15. The molecule has 0 spiro atoms. The minimum Gasteiger partial charge on any atom is -0.489 e. The molecule has 0 aliphatic carbocycles. The molecule has 1 aromatic carbocycles. The summed E-state index contributed by atoms with van der Waals surface area (Å²) in [5.74, 6) is 0.812. The Hall–Kier alpha value is -1.27. The van der Waals surface area contributed by atoms with Gasteiger partial charge in [-0.05, 0) is 31.5 Å². The second-order valence-electron chi connectivity index (χ2n) is 7.25. The zero-order chi connectivity index (χ0) is 22.0. The van der Waals surface area contributed by atoms with E-state index in [-0.39, 0.29) is 41.4 Å². The van der Waals surface area contributed by atoms with Gasteiger partial charge in [0.15, 0.2) is 5.96 Å². The van der Waals surface area contributed by atoms with E-state index in [9.17, 15) is 13.2 Å². The van der Waals surface area contributed by atoms with Crippen LogP contribution in [0.3, 0.4) is 0 Å². The maximum absolute atomic E-state index is 12.9. The summed E-state index contributed by atoms with van der Waals surface area (Å²) >= 11 is 0. The first-order chi connectivity index (χ1) is 14.3. The lowest BCUT2D eigenvalue weighted by atomic mass is 9.94. The molecular formula is C21H33F3IN3O3. The molecule has 1 aliphatic heterocycles. The largest absolute Gasteiger partial charge is 0.489 e. The number of halogens is 4. The molecule has 31 heavy (non-hydrogen) atoms. The first-order valence-corrected chi connectivity index (χ1v) is 10.3. The molecule has 2 N–H and O–H groups in total. The molecule has 0 amide bonds. The Labute approximate surface area is 199 Å². The van der Waals surface area contributed by atoms with E-state index < -0.39 is 11.7 Å². The van der Waals surface area contributed by atoms with E-state index in [0.717, 1.165) is 25.0 Å². The monoisotopic (exact) mass is 559 g/mol. The molecule has 1 unspecified atom stereocenters. The SMILES string of the molecule is CCNC(=NCC1(OC)CCOCC1)NCC(CC)Oc1cccc(C(F)(F)F)c1.I. The molecule has 1 atom stereocenters. The van der Waals surface area contributed by atoms with E-state index in [1.807, 2.05) is 13.8 Å². The van der Waals surface area contributed by atoms with Gasteiger partial charge in [0.1, 0.15) is 11.9 Å². The summed E-state index contributed by atoms with van der Waals surface area (Å²) < 4.78 is 55.6. The van der Waals surface area contributed by atoms with Crippen LogP contribution in [-0.4, -0.2) is 57.6 Å². The van der Waals surface area contributed by atoms with Crippen molar-refractivity contribution in [2.75, 3.05) is 40.0 Å². The Morgan fingerprint density at radius 1 is 1.23 bits per heavy atom. The van der Waals surface area contributed by atoms with Gasteiger partial charge in [-0.2, -0.15) is 13.2 Å². The van der Waals surface area contributed by atoms with E-state index in [1.165, 1.54) is 12.1 Å². The number of benzene rings is 1. The number of nitrogens with zero attached hydrogens (tertiary/aromatic N) is 1. The predicted octanol–water partition coefficient (Wildman–Crippen LogP) is 4.23. The van der Waals surface area contributed by atoms with Crippen LogP contribution in [0.2, 0.25) is 0 Å². The Morgan fingerprint density at radius 3 is 2.52 bits per heavy atom. The Bertz CT molecular complexity index is 683. The van der Waals surface area contributed by atoms with Gasteiger partial charge in [0.2, 0.25) is 0 Å². The Balaban J connectivity index is 0.00000480. The van der Waals surface area contributed by atoms with Crippen LogP contribution in [0.15, 0.2) is 29.3 Å². The highest BCUT2D eigenvalue weighted by Crippen LogP contribution is 2.31. The van der Waals surface area contributed by atoms with Gasteiger partial charge in [0.25, 0.3) is 0 Å². The van der Waals surface area contributed by atoms with Crippen molar-refractivity contribution in [3.63, 3.8) is 0 Å². The number of guanidine groups is 1. The third kappa shape index (κ3) is 9.01. The number of alkyl halides is 3. The molecule has 0 aromatic heterocycles. The molecule has 2 rings (SSSR count). The van der Waals surface area contributed by atoms with Crippen molar-refractivity contribution < 1.29 is 27.4 Å². The van der Waals surface area contributed by atoms with Gasteiger partial charge in [-0.1, -0.05) is 13.0 Å². The summed E-state index contributed by atoms with van der Waals surface area (Å²) in [5.41, 5.74) is -1.06. The summed E-state index contributed by atoms with van der Waals surface area (Å²) in [6, 6.07) is 4.94. The molecule has 1 aliphatic rings. The molecule has 178 valence electrons. The standard InChI is InChI=1S/C21H32F3N3O3.HI/c1-4-17(30-18-8-6-7-16(13-18)21(22,23)24)14-26-19(25-5-2)27-15-20(28-3)9-11-29-12-10-20;/h6-8,13,17H,4-5,9-12,14-15H2,1-3H3,(H2,25,26,27);1H. The second-order valence-corrected chi connectivity index (χ2v) is 7.25. The van der Waals surface area contributed by atoms with Crippen LogP contribution >= 0.6 is 24.0 Å².